The molecule has 4 saturated carbocycles. The monoisotopic (exact) mass is 434 g/mol. The minimum absolute atomic E-state index is 0.107. The highest BCUT2D eigenvalue weighted by atomic mass is 16.5. The molecule has 4 heteroatoms. The fourth-order valence-electron chi connectivity index (χ4n) is 9.22. The molecule has 1 aromatic heterocycles. The highest BCUT2D eigenvalue weighted by Crippen LogP contribution is 2.68. The Hall–Kier alpha value is -1.84. The van der Waals surface area contributed by atoms with Crippen LogP contribution in [0.4, 0.5) is 0 Å². The topological polar surface area (TPSA) is 44.1 Å². The normalized spacial score (nSPS) is 43.3. The number of ether oxygens (including phenoxy) is 1. The third-order valence-electron chi connectivity index (χ3n) is 10.7. The molecule has 0 bridgehead atoms. The van der Waals surface area contributed by atoms with Gasteiger partial charge in [0, 0.05) is 13.0 Å². The predicted octanol–water partition coefficient (Wildman–Crippen LogP) is 6.55. The van der Waals surface area contributed by atoms with Gasteiger partial charge in [-0.05, 0) is 104 Å². The number of benzene rings is 1. The number of rotatable bonds is 2. The minimum Gasteiger partial charge on any atom is -0.463 e. The molecule has 4 fully saturated rings. The van der Waals surface area contributed by atoms with Crippen molar-refractivity contribution in [1.82, 2.24) is 9.55 Å². The molecule has 1 aromatic carbocycles. The number of hydrogen-bond donors (Lipinski definition) is 0. The first kappa shape index (κ1) is 20.7. The van der Waals surface area contributed by atoms with Gasteiger partial charge in [0.2, 0.25) is 0 Å². The van der Waals surface area contributed by atoms with Gasteiger partial charge in [-0.1, -0.05) is 26.0 Å². The number of aromatic nitrogens is 2. The van der Waals surface area contributed by atoms with Crippen LogP contribution in [-0.4, -0.2) is 21.6 Å². The van der Waals surface area contributed by atoms with Gasteiger partial charge < -0.3 is 9.30 Å². The minimum atomic E-state index is -0.107. The van der Waals surface area contributed by atoms with E-state index in [1.807, 2.05) is 0 Å². The van der Waals surface area contributed by atoms with Crippen molar-refractivity contribution in [3.8, 4) is 0 Å². The van der Waals surface area contributed by atoms with Crippen LogP contribution in [0, 0.1) is 34.5 Å². The van der Waals surface area contributed by atoms with Crippen LogP contribution >= 0.6 is 0 Å². The summed E-state index contributed by atoms with van der Waals surface area (Å²) in [6.45, 7) is 6.76. The number of nitrogens with zero attached hydrogens (tertiary/aromatic N) is 2. The number of carbonyl (C=O) groups is 1. The van der Waals surface area contributed by atoms with E-state index in [0.29, 0.717) is 16.9 Å². The number of imidazole rings is 1. The van der Waals surface area contributed by atoms with E-state index in [9.17, 15) is 4.79 Å². The summed E-state index contributed by atoms with van der Waals surface area (Å²) < 4.78 is 8.17. The zero-order valence-corrected chi connectivity index (χ0v) is 19.9. The van der Waals surface area contributed by atoms with Crippen molar-refractivity contribution >= 4 is 17.0 Å². The van der Waals surface area contributed by atoms with Crippen molar-refractivity contribution < 1.29 is 9.53 Å². The molecule has 6 rings (SSSR count). The lowest BCUT2D eigenvalue weighted by molar-refractivity contribution is -0.159. The van der Waals surface area contributed by atoms with E-state index in [4.69, 9.17) is 9.72 Å². The van der Waals surface area contributed by atoms with Gasteiger partial charge >= 0.3 is 5.97 Å². The molecular formula is C28H38N2O2. The molecule has 0 N–H and O–H groups in total. The third-order valence-corrected chi connectivity index (χ3v) is 10.7. The lowest BCUT2D eigenvalue weighted by Gasteiger charge is -2.61. The molecule has 5 unspecified atom stereocenters. The van der Waals surface area contributed by atoms with E-state index in [-0.39, 0.29) is 12.1 Å². The molecule has 32 heavy (non-hydrogen) atoms. The van der Waals surface area contributed by atoms with Gasteiger partial charge in [0.25, 0.3) is 0 Å². The number of esters is 1. The van der Waals surface area contributed by atoms with Crippen LogP contribution in [0.15, 0.2) is 30.6 Å². The first-order chi connectivity index (χ1) is 15.4. The fraction of sp³-hybridized carbons (Fsp3) is 0.714. The number of fused-ring (bicyclic) bond motifs is 6. The number of hydrogen-bond acceptors (Lipinski definition) is 3. The summed E-state index contributed by atoms with van der Waals surface area (Å²) in [7, 11) is 0. The molecule has 0 spiro atoms. The van der Waals surface area contributed by atoms with Crippen molar-refractivity contribution in [3.63, 3.8) is 0 Å². The quantitative estimate of drug-likeness (QED) is 0.503. The predicted molar refractivity (Wildman–Crippen MR) is 126 cm³/mol. The van der Waals surface area contributed by atoms with E-state index in [1.165, 1.54) is 50.5 Å². The lowest BCUT2D eigenvalue weighted by atomic mass is 9.45. The van der Waals surface area contributed by atoms with Gasteiger partial charge in [0.1, 0.15) is 6.10 Å². The van der Waals surface area contributed by atoms with Crippen molar-refractivity contribution in [2.24, 2.45) is 34.5 Å². The van der Waals surface area contributed by atoms with Crippen molar-refractivity contribution in [2.75, 3.05) is 0 Å². The van der Waals surface area contributed by atoms with Crippen molar-refractivity contribution in [1.29, 1.82) is 0 Å². The van der Waals surface area contributed by atoms with Gasteiger partial charge in [0.05, 0.1) is 17.4 Å². The van der Waals surface area contributed by atoms with Gasteiger partial charge in [-0.3, -0.25) is 4.79 Å². The maximum absolute atomic E-state index is 11.5. The molecule has 1 heterocycles. The van der Waals surface area contributed by atoms with Crippen molar-refractivity contribution in [3.05, 3.63) is 30.6 Å². The van der Waals surface area contributed by atoms with Crippen LogP contribution in [0.5, 0.6) is 0 Å². The Morgan fingerprint density at radius 2 is 1.78 bits per heavy atom. The summed E-state index contributed by atoms with van der Waals surface area (Å²) >= 11 is 0. The molecule has 0 aliphatic heterocycles. The Bertz CT molecular complexity index is 1030. The summed E-state index contributed by atoms with van der Waals surface area (Å²) in [5, 5.41) is 0. The molecule has 0 saturated heterocycles. The molecule has 0 radical (unpaired) electrons. The maximum atomic E-state index is 11.5. The number of carbonyl (C=O) groups excluding carboxylic acids is 1. The van der Waals surface area contributed by atoms with Crippen LogP contribution < -0.4 is 0 Å². The largest absolute Gasteiger partial charge is 0.463 e. The van der Waals surface area contributed by atoms with E-state index in [1.54, 1.807) is 6.92 Å². The zero-order chi connectivity index (χ0) is 22.1. The first-order valence-electron chi connectivity index (χ1n) is 13.0. The Labute approximate surface area is 192 Å². The summed E-state index contributed by atoms with van der Waals surface area (Å²) in [5.41, 5.74) is 3.25. The molecule has 2 aromatic rings. The molecule has 0 amide bonds. The molecule has 8 atom stereocenters. The average molecular weight is 435 g/mol. The second kappa shape index (κ2) is 7.33. The Morgan fingerprint density at radius 3 is 2.62 bits per heavy atom. The third kappa shape index (κ3) is 2.93. The standard InChI is InChI=1S/C28H38N2O2/c1-18(31)32-20-12-14-27(2)19(16-20)8-9-21-22-10-11-26(28(22,3)15-13-23(21)27)30-17-29-24-6-4-5-7-25(24)30/h4-7,17,19-23,26H,8-16H2,1-3H3/t19?,20-,21?,22?,23?,26?,27-,28-/m0/s1. The molecule has 4 nitrogen and oxygen atoms in total. The fourth-order valence-corrected chi connectivity index (χ4v) is 9.22. The van der Waals surface area contributed by atoms with Gasteiger partial charge in [-0.25, -0.2) is 4.98 Å². The number of para-hydroxylation sites is 2. The second-order valence-electron chi connectivity index (χ2n) is 11.9. The molecule has 172 valence electrons. The van der Waals surface area contributed by atoms with E-state index < -0.39 is 0 Å². The highest BCUT2D eigenvalue weighted by Gasteiger charge is 2.60. The van der Waals surface area contributed by atoms with Crippen LogP contribution in [0.25, 0.3) is 11.0 Å². The zero-order valence-electron chi connectivity index (χ0n) is 19.9. The first-order valence-corrected chi connectivity index (χ1v) is 13.0. The summed E-state index contributed by atoms with van der Waals surface area (Å²) in [6.07, 6.45) is 13.7. The smallest absolute Gasteiger partial charge is 0.302 e. The lowest BCUT2D eigenvalue weighted by Crippen LogP contribution is -2.54. The van der Waals surface area contributed by atoms with E-state index >= 15 is 0 Å². The molecule has 4 aliphatic rings. The Kier molecular flexibility index (Phi) is 4.75. The average Bonchev–Trinajstić information content (AvgIpc) is 3.34. The van der Waals surface area contributed by atoms with Gasteiger partial charge in [-0.2, -0.15) is 0 Å². The van der Waals surface area contributed by atoms with Crippen LogP contribution in [0.3, 0.4) is 0 Å². The summed E-state index contributed by atoms with van der Waals surface area (Å²) in [6, 6.07) is 9.22. The second-order valence-corrected chi connectivity index (χ2v) is 11.9. The van der Waals surface area contributed by atoms with E-state index in [0.717, 1.165) is 42.0 Å². The SMILES string of the molecule is CC(=O)O[C@H]1CC[C@@]2(C)C(CCC3C2CC[C@@]2(C)C3CCC2n2cnc3ccccc32)C1. The van der Waals surface area contributed by atoms with Crippen LogP contribution in [0.1, 0.15) is 84.6 Å². The van der Waals surface area contributed by atoms with Gasteiger partial charge in [-0.15, -0.1) is 0 Å². The summed E-state index contributed by atoms with van der Waals surface area (Å²) in [5.74, 6) is 3.15. The Morgan fingerprint density at radius 1 is 1.00 bits per heavy atom. The molecule has 4 aliphatic carbocycles. The van der Waals surface area contributed by atoms with E-state index in [2.05, 4.69) is 49.0 Å². The Balaban J connectivity index is 1.26. The maximum Gasteiger partial charge on any atom is 0.302 e. The van der Waals surface area contributed by atoms with Crippen LogP contribution in [-0.2, 0) is 9.53 Å². The van der Waals surface area contributed by atoms with Crippen molar-refractivity contribution in [2.45, 2.75) is 90.7 Å². The summed E-state index contributed by atoms with van der Waals surface area (Å²) in [4.78, 5) is 16.3. The highest BCUT2D eigenvalue weighted by molar-refractivity contribution is 5.75. The van der Waals surface area contributed by atoms with Crippen LogP contribution in [0.2, 0.25) is 0 Å². The van der Waals surface area contributed by atoms with Gasteiger partial charge in [0.15, 0.2) is 0 Å². The molecular weight excluding hydrogens is 396 g/mol.